The lowest BCUT2D eigenvalue weighted by Gasteiger charge is -2.31. The van der Waals surface area contributed by atoms with Gasteiger partial charge >= 0.3 is 0 Å². The van der Waals surface area contributed by atoms with Gasteiger partial charge in [-0.1, -0.05) is 34.1 Å². The van der Waals surface area contributed by atoms with Crippen molar-refractivity contribution in [3.8, 4) is 5.75 Å². The van der Waals surface area contributed by atoms with Crippen LogP contribution in [0.15, 0.2) is 53.0 Å². The Morgan fingerprint density at radius 1 is 1.20 bits per heavy atom. The van der Waals surface area contributed by atoms with Crippen LogP contribution >= 0.6 is 15.9 Å². The Morgan fingerprint density at radius 3 is 2.68 bits per heavy atom. The molecule has 25 heavy (non-hydrogen) atoms. The van der Waals surface area contributed by atoms with Gasteiger partial charge in [0.2, 0.25) is 5.91 Å². The number of piperidine rings is 1. The second-order valence-corrected chi connectivity index (χ2v) is 7.32. The molecule has 5 heteroatoms. The number of carbonyl (C=O) groups excluding carboxylic acids is 1. The van der Waals surface area contributed by atoms with E-state index in [9.17, 15) is 4.79 Å². The van der Waals surface area contributed by atoms with Gasteiger partial charge in [0.05, 0.1) is 7.11 Å². The van der Waals surface area contributed by atoms with E-state index >= 15 is 0 Å². The van der Waals surface area contributed by atoms with E-state index in [2.05, 4.69) is 44.3 Å². The maximum atomic E-state index is 12.5. The average molecular weight is 403 g/mol. The van der Waals surface area contributed by atoms with E-state index in [1.165, 1.54) is 5.56 Å². The highest BCUT2D eigenvalue weighted by molar-refractivity contribution is 9.10. The quantitative estimate of drug-likeness (QED) is 0.809. The molecular formula is C20H23BrN2O2. The Morgan fingerprint density at radius 2 is 1.96 bits per heavy atom. The summed E-state index contributed by atoms with van der Waals surface area (Å²) in [5, 5.41) is 3.01. The van der Waals surface area contributed by atoms with Crippen molar-refractivity contribution < 1.29 is 9.53 Å². The van der Waals surface area contributed by atoms with E-state index in [4.69, 9.17) is 4.74 Å². The van der Waals surface area contributed by atoms with Crippen LogP contribution in [0.3, 0.4) is 0 Å². The number of carbonyl (C=O) groups is 1. The van der Waals surface area contributed by atoms with Crippen molar-refractivity contribution in [3.05, 3.63) is 58.6 Å². The maximum Gasteiger partial charge on any atom is 0.227 e. The van der Waals surface area contributed by atoms with Crippen LogP contribution < -0.4 is 10.1 Å². The zero-order chi connectivity index (χ0) is 17.6. The molecule has 0 radical (unpaired) electrons. The summed E-state index contributed by atoms with van der Waals surface area (Å²) in [7, 11) is 1.63. The Balaban J connectivity index is 1.50. The molecule has 1 aliphatic heterocycles. The van der Waals surface area contributed by atoms with E-state index in [1.807, 2.05) is 30.3 Å². The SMILES string of the molecule is COc1cccc(NC(=O)C2CCN(Cc3cccc(Br)c3)CC2)c1. The van der Waals surface area contributed by atoms with E-state index in [-0.39, 0.29) is 11.8 Å². The number of ether oxygens (including phenoxy) is 1. The molecule has 1 aliphatic rings. The van der Waals surface area contributed by atoms with Gasteiger partial charge < -0.3 is 10.1 Å². The molecular weight excluding hydrogens is 380 g/mol. The first kappa shape index (κ1) is 18.0. The highest BCUT2D eigenvalue weighted by atomic mass is 79.9. The standard InChI is InChI=1S/C20H23BrN2O2/c1-25-19-7-3-6-18(13-19)22-20(24)16-8-10-23(11-9-16)14-15-4-2-5-17(21)12-15/h2-7,12-13,16H,8-11,14H2,1H3,(H,22,24). The fourth-order valence-corrected chi connectivity index (χ4v) is 3.64. The number of nitrogens with zero attached hydrogens (tertiary/aromatic N) is 1. The Kier molecular flexibility index (Phi) is 6.10. The summed E-state index contributed by atoms with van der Waals surface area (Å²) >= 11 is 3.52. The fourth-order valence-electron chi connectivity index (χ4n) is 3.19. The number of halogens is 1. The third-order valence-corrected chi connectivity index (χ3v) is 5.08. The van der Waals surface area contributed by atoms with Gasteiger partial charge in [0.25, 0.3) is 0 Å². The van der Waals surface area contributed by atoms with Crippen LogP contribution in [0.25, 0.3) is 0 Å². The number of anilines is 1. The number of rotatable bonds is 5. The largest absolute Gasteiger partial charge is 0.497 e. The van der Waals surface area contributed by atoms with Crippen molar-refractivity contribution in [2.24, 2.45) is 5.92 Å². The summed E-state index contributed by atoms with van der Waals surface area (Å²) in [6.45, 7) is 2.83. The first-order valence-electron chi connectivity index (χ1n) is 8.56. The van der Waals surface area contributed by atoms with Gasteiger partial charge in [-0.25, -0.2) is 0 Å². The summed E-state index contributed by atoms with van der Waals surface area (Å²) in [4.78, 5) is 14.9. The third-order valence-electron chi connectivity index (χ3n) is 4.59. The van der Waals surface area contributed by atoms with Crippen molar-refractivity contribution in [2.45, 2.75) is 19.4 Å². The zero-order valence-corrected chi connectivity index (χ0v) is 16.0. The molecule has 0 saturated carbocycles. The van der Waals surface area contributed by atoms with Crippen LogP contribution in [0.4, 0.5) is 5.69 Å². The Bertz CT molecular complexity index is 727. The minimum Gasteiger partial charge on any atom is -0.497 e. The lowest BCUT2D eigenvalue weighted by atomic mass is 9.95. The van der Waals surface area contributed by atoms with Gasteiger partial charge in [-0.2, -0.15) is 0 Å². The molecule has 0 aromatic heterocycles. The first-order valence-corrected chi connectivity index (χ1v) is 9.35. The van der Waals surface area contributed by atoms with Gasteiger partial charge in [0.15, 0.2) is 0 Å². The molecule has 1 saturated heterocycles. The van der Waals surface area contributed by atoms with Crippen LogP contribution in [0.2, 0.25) is 0 Å². The summed E-state index contributed by atoms with van der Waals surface area (Å²) in [5.74, 6) is 0.932. The van der Waals surface area contributed by atoms with Crippen molar-refractivity contribution in [3.63, 3.8) is 0 Å². The van der Waals surface area contributed by atoms with Crippen molar-refractivity contribution >= 4 is 27.5 Å². The molecule has 0 spiro atoms. The van der Waals surface area contributed by atoms with Crippen LogP contribution in [0.5, 0.6) is 5.75 Å². The van der Waals surface area contributed by atoms with E-state index in [1.54, 1.807) is 7.11 Å². The summed E-state index contributed by atoms with van der Waals surface area (Å²) in [6.07, 6.45) is 1.79. The van der Waals surface area contributed by atoms with E-state index < -0.39 is 0 Å². The molecule has 0 atom stereocenters. The number of methoxy groups -OCH3 is 1. The molecule has 1 heterocycles. The van der Waals surface area contributed by atoms with Gasteiger partial charge in [-0.15, -0.1) is 0 Å². The van der Waals surface area contributed by atoms with Crippen molar-refractivity contribution in [1.82, 2.24) is 4.90 Å². The molecule has 3 rings (SSSR count). The van der Waals surface area contributed by atoms with E-state index in [0.29, 0.717) is 0 Å². The minimum atomic E-state index is 0.0740. The second kappa shape index (κ2) is 8.50. The number of hydrogen-bond donors (Lipinski definition) is 1. The van der Waals surface area contributed by atoms with Gasteiger partial charge in [-0.3, -0.25) is 9.69 Å². The smallest absolute Gasteiger partial charge is 0.227 e. The lowest BCUT2D eigenvalue weighted by Crippen LogP contribution is -2.37. The monoisotopic (exact) mass is 402 g/mol. The van der Waals surface area contributed by atoms with Crippen LogP contribution in [0, 0.1) is 5.92 Å². The molecule has 2 aromatic carbocycles. The summed E-state index contributed by atoms with van der Waals surface area (Å²) in [6, 6.07) is 15.9. The molecule has 1 amide bonds. The maximum absolute atomic E-state index is 12.5. The van der Waals surface area contributed by atoms with Crippen LogP contribution in [-0.2, 0) is 11.3 Å². The number of hydrogen-bond acceptors (Lipinski definition) is 3. The fraction of sp³-hybridized carbons (Fsp3) is 0.350. The van der Waals surface area contributed by atoms with Crippen LogP contribution in [-0.4, -0.2) is 31.0 Å². The predicted molar refractivity (Wildman–Crippen MR) is 104 cm³/mol. The topological polar surface area (TPSA) is 41.6 Å². The first-order chi connectivity index (χ1) is 12.1. The normalized spacial score (nSPS) is 15.8. The number of benzene rings is 2. The summed E-state index contributed by atoms with van der Waals surface area (Å²) in [5.41, 5.74) is 2.09. The zero-order valence-electron chi connectivity index (χ0n) is 14.4. The lowest BCUT2D eigenvalue weighted by molar-refractivity contribution is -0.121. The highest BCUT2D eigenvalue weighted by Crippen LogP contribution is 2.23. The molecule has 4 nitrogen and oxygen atoms in total. The third kappa shape index (κ3) is 5.06. The van der Waals surface area contributed by atoms with Crippen molar-refractivity contribution in [1.29, 1.82) is 0 Å². The van der Waals surface area contributed by atoms with Gasteiger partial charge in [0.1, 0.15) is 5.75 Å². The molecule has 0 bridgehead atoms. The minimum absolute atomic E-state index is 0.0740. The highest BCUT2D eigenvalue weighted by Gasteiger charge is 2.25. The van der Waals surface area contributed by atoms with E-state index in [0.717, 1.165) is 48.4 Å². The molecule has 1 N–H and O–H groups in total. The molecule has 0 unspecified atom stereocenters. The predicted octanol–water partition coefficient (Wildman–Crippen LogP) is 4.31. The van der Waals surface area contributed by atoms with Gasteiger partial charge in [-0.05, 0) is 55.8 Å². The second-order valence-electron chi connectivity index (χ2n) is 6.40. The molecule has 2 aromatic rings. The Labute approximate surface area is 157 Å². The molecule has 1 fully saturated rings. The number of nitrogens with one attached hydrogen (secondary N) is 1. The number of likely N-dealkylation sites (tertiary alicyclic amines) is 1. The van der Waals surface area contributed by atoms with Gasteiger partial charge in [0, 0.05) is 28.7 Å². The van der Waals surface area contributed by atoms with Crippen molar-refractivity contribution in [2.75, 3.05) is 25.5 Å². The Hall–Kier alpha value is -1.85. The number of amides is 1. The average Bonchev–Trinajstić information content (AvgIpc) is 2.62. The van der Waals surface area contributed by atoms with Crippen LogP contribution in [0.1, 0.15) is 18.4 Å². The molecule has 132 valence electrons. The molecule has 0 aliphatic carbocycles. The summed E-state index contributed by atoms with van der Waals surface area (Å²) < 4.78 is 6.31.